The van der Waals surface area contributed by atoms with Crippen molar-refractivity contribution in [2.24, 2.45) is 5.73 Å². The molecule has 0 aromatic heterocycles. The van der Waals surface area contributed by atoms with Gasteiger partial charge in [-0.1, -0.05) is 30.3 Å². The van der Waals surface area contributed by atoms with Crippen LogP contribution in [0.5, 0.6) is 0 Å². The second-order valence-electron chi connectivity index (χ2n) is 9.02. The number of carbonyl (C=O) groups excluding carboxylic acids is 4. The first-order valence-corrected chi connectivity index (χ1v) is 12.1. The Bertz CT molecular complexity index is 1440. The zero-order valence-corrected chi connectivity index (χ0v) is 21.1. The van der Waals surface area contributed by atoms with E-state index >= 15 is 0 Å². The van der Waals surface area contributed by atoms with E-state index in [0.29, 0.717) is 23.0 Å². The number of amides is 3. The van der Waals surface area contributed by atoms with E-state index in [1.54, 1.807) is 25.1 Å². The Morgan fingerprint density at radius 1 is 1.03 bits per heavy atom. The summed E-state index contributed by atoms with van der Waals surface area (Å²) in [6.45, 7) is 2.60. The van der Waals surface area contributed by atoms with Crippen molar-refractivity contribution < 1.29 is 32.7 Å². The van der Waals surface area contributed by atoms with E-state index in [0.717, 1.165) is 23.3 Å². The fourth-order valence-electron chi connectivity index (χ4n) is 4.31. The Morgan fingerprint density at radius 2 is 1.72 bits per heavy atom. The maximum absolute atomic E-state index is 13.8. The van der Waals surface area contributed by atoms with Gasteiger partial charge in [0.25, 0.3) is 5.91 Å². The average Bonchev–Trinajstić information content (AvgIpc) is 3.00. The lowest BCUT2D eigenvalue weighted by molar-refractivity contribution is -0.155. The molecule has 4 rings (SSSR count). The molecule has 1 heterocycles. The van der Waals surface area contributed by atoms with Crippen LogP contribution in [0.2, 0.25) is 0 Å². The highest BCUT2D eigenvalue weighted by molar-refractivity contribution is 6.08. The Kier molecular flexibility index (Phi) is 8.01. The monoisotopic (exact) mass is 536 g/mol. The van der Waals surface area contributed by atoms with Gasteiger partial charge in [0.2, 0.25) is 17.9 Å². The van der Waals surface area contributed by atoms with Gasteiger partial charge < -0.3 is 26.4 Å². The van der Waals surface area contributed by atoms with Gasteiger partial charge in [0.15, 0.2) is 0 Å². The Hall–Kier alpha value is -4.64. The SMILES string of the molecule is CC1C(=O)Nc2cccc(NC(=O)[C@H](C)NC(=O)[C@@H](OC(=O)CN)c3cc(F)cc(F)c3)c2-c2ccccc21. The number of benzene rings is 3. The summed E-state index contributed by atoms with van der Waals surface area (Å²) in [5.74, 6) is -5.20. The lowest BCUT2D eigenvalue weighted by Crippen LogP contribution is -2.44. The van der Waals surface area contributed by atoms with Gasteiger partial charge >= 0.3 is 5.97 Å². The predicted octanol–water partition coefficient (Wildman–Crippen LogP) is 3.37. The highest BCUT2D eigenvalue weighted by atomic mass is 19.1. The maximum atomic E-state index is 13.8. The molecule has 0 fully saturated rings. The Labute approximate surface area is 222 Å². The molecule has 0 saturated heterocycles. The van der Waals surface area contributed by atoms with Crippen LogP contribution in [-0.2, 0) is 23.9 Å². The smallest absolute Gasteiger partial charge is 0.320 e. The molecule has 3 aromatic carbocycles. The fourth-order valence-corrected chi connectivity index (χ4v) is 4.31. The number of hydrogen-bond acceptors (Lipinski definition) is 6. The van der Waals surface area contributed by atoms with Crippen molar-refractivity contribution in [2.45, 2.75) is 31.9 Å². The van der Waals surface area contributed by atoms with Gasteiger partial charge in [-0.15, -0.1) is 0 Å². The van der Waals surface area contributed by atoms with Gasteiger partial charge in [-0.05, 0) is 49.2 Å². The number of esters is 1. The van der Waals surface area contributed by atoms with Gasteiger partial charge in [0, 0.05) is 17.2 Å². The molecule has 1 aliphatic rings. The van der Waals surface area contributed by atoms with Gasteiger partial charge in [-0.3, -0.25) is 19.2 Å². The average molecular weight is 537 g/mol. The molecular weight excluding hydrogens is 510 g/mol. The first kappa shape index (κ1) is 27.4. The molecule has 9 nitrogen and oxygen atoms in total. The number of fused-ring (bicyclic) bond motifs is 3. The molecule has 1 unspecified atom stereocenters. The molecule has 39 heavy (non-hydrogen) atoms. The summed E-state index contributed by atoms with van der Waals surface area (Å²) in [6.07, 6.45) is -1.75. The van der Waals surface area contributed by atoms with Crippen LogP contribution in [0.3, 0.4) is 0 Å². The van der Waals surface area contributed by atoms with E-state index in [1.165, 1.54) is 6.92 Å². The molecule has 0 radical (unpaired) electrons. The minimum Gasteiger partial charge on any atom is -0.446 e. The van der Waals surface area contributed by atoms with Crippen LogP contribution in [0.25, 0.3) is 11.1 Å². The number of hydrogen-bond donors (Lipinski definition) is 4. The molecule has 0 aliphatic carbocycles. The van der Waals surface area contributed by atoms with Crippen molar-refractivity contribution in [1.82, 2.24) is 5.32 Å². The van der Waals surface area contributed by atoms with Gasteiger partial charge in [0.1, 0.15) is 17.7 Å². The van der Waals surface area contributed by atoms with E-state index in [4.69, 9.17) is 10.5 Å². The number of anilines is 2. The first-order valence-electron chi connectivity index (χ1n) is 12.1. The third kappa shape index (κ3) is 5.93. The highest BCUT2D eigenvalue weighted by Crippen LogP contribution is 2.42. The topological polar surface area (TPSA) is 140 Å². The zero-order valence-electron chi connectivity index (χ0n) is 21.1. The summed E-state index contributed by atoms with van der Waals surface area (Å²) in [4.78, 5) is 50.6. The standard InChI is InChI=1S/C28H26F2N4O5/c1-14-19-6-3-4-7-20(19)24-21(33-26(14)36)8-5-9-22(24)34-27(37)15(2)32-28(38)25(39-23(35)13-31)16-10-17(29)12-18(30)11-16/h3-12,14-15,25H,13,31H2,1-2H3,(H,32,38)(H,33,36)(H,34,37)/t14?,15-,25-/m0/s1. The minimum atomic E-state index is -1.75. The van der Waals surface area contributed by atoms with Crippen LogP contribution in [0.15, 0.2) is 60.7 Å². The Morgan fingerprint density at radius 3 is 2.41 bits per heavy atom. The number of rotatable bonds is 7. The normalized spacial score (nSPS) is 15.5. The Balaban J connectivity index is 1.58. The summed E-state index contributed by atoms with van der Waals surface area (Å²) < 4.78 is 32.6. The van der Waals surface area contributed by atoms with E-state index < -0.39 is 54.0 Å². The zero-order chi connectivity index (χ0) is 28.3. The summed E-state index contributed by atoms with van der Waals surface area (Å²) in [5, 5.41) is 8.06. The highest BCUT2D eigenvalue weighted by Gasteiger charge is 2.30. The number of carbonyl (C=O) groups is 4. The minimum absolute atomic E-state index is 0.197. The molecule has 0 spiro atoms. The largest absolute Gasteiger partial charge is 0.446 e. The first-order chi connectivity index (χ1) is 18.6. The number of halogens is 2. The van der Waals surface area contributed by atoms with Crippen molar-refractivity contribution in [3.63, 3.8) is 0 Å². The van der Waals surface area contributed by atoms with Crippen LogP contribution < -0.4 is 21.7 Å². The van der Waals surface area contributed by atoms with Gasteiger partial charge in [-0.25, -0.2) is 8.78 Å². The number of nitrogens with two attached hydrogens (primary N) is 1. The van der Waals surface area contributed by atoms with E-state index in [2.05, 4.69) is 16.0 Å². The summed E-state index contributed by atoms with van der Waals surface area (Å²) in [5.41, 5.74) is 8.03. The lowest BCUT2D eigenvalue weighted by atomic mass is 9.91. The van der Waals surface area contributed by atoms with Crippen LogP contribution in [0, 0.1) is 11.6 Å². The van der Waals surface area contributed by atoms with E-state index in [1.807, 2.05) is 24.3 Å². The third-order valence-electron chi connectivity index (χ3n) is 6.26. The van der Waals surface area contributed by atoms with Crippen molar-refractivity contribution in [3.8, 4) is 11.1 Å². The summed E-state index contributed by atoms with van der Waals surface area (Å²) >= 11 is 0. The van der Waals surface area contributed by atoms with Crippen LogP contribution >= 0.6 is 0 Å². The summed E-state index contributed by atoms with van der Waals surface area (Å²) in [7, 11) is 0. The van der Waals surface area contributed by atoms with Crippen molar-refractivity contribution in [3.05, 3.63) is 83.4 Å². The van der Waals surface area contributed by atoms with Crippen LogP contribution in [0.1, 0.15) is 37.0 Å². The third-order valence-corrected chi connectivity index (χ3v) is 6.26. The molecule has 0 saturated carbocycles. The second-order valence-corrected chi connectivity index (χ2v) is 9.02. The quantitative estimate of drug-likeness (QED) is 0.342. The predicted molar refractivity (Wildman–Crippen MR) is 139 cm³/mol. The molecule has 5 N–H and O–H groups in total. The van der Waals surface area contributed by atoms with Crippen molar-refractivity contribution in [1.29, 1.82) is 0 Å². The summed E-state index contributed by atoms with van der Waals surface area (Å²) in [6, 6.07) is 13.5. The number of ether oxygens (including phenoxy) is 1. The lowest BCUT2D eigenvalue weighted by Gasteiger charge is -2.22. The molecule has 3 amide bonds. The van der Waals surface area contributed by atoms with Gasteiger partial charge in [0.05, 0.1) is 23.8 Å². The number of nitrogens with one attached hydrogen (secondary N) is 3. The van der Waals surface area contributed by atoms with Crippen LogP contribution in [-0.4, -0.2) is 36.3 Å². The molecule has 1 aliphatic heterocycles. The fraction of sp³-hybridized carbons (Fsp3) is 0.214. The van der Waals surface area contributed by atoms with E-state index in [9.17, 15) is 28.0 Å². The van der Waals surface area contributed by atoms with Crippen molar-refractivity contribution in [2.75, 3.05) is 17.2 Å². The van der Waals surface area contributed by atoms with E-state index in [-0.39, 0.29) is 11.5 Å². The molecular formula is C28H26F2N4O5. The molecule has 0 bridgehead atoms. The second kappa shape index (κ2) is 11.4. The van der Waals surface area contributed by atoms with Crippen molar-refractivity contribution >= 4 is 35.1 Å². The van der Waals surface area contributed by atoms with Gasteiger partial charge in [-0.2, -0.15) is 0 Å². The van der Waals surface area contributed by atoms with Crippen LogP contribution in [0.4, 0.5) is 20.2 Å². The molecule has 3 aromatic rings. The maximum Gasteiger partial charge on any atom is 0.320 e. The molecule has 3 atom stereocenters. The molecule has 202 valence electrons. The molecule has 11 heteroatoms.